The fraction of sp³-hybridized carbons (Fsp3) is 0.357. The van der Waals surface area contributed by atoms with Crippen LogP contribution in [0.25, 0.3) is 0 Å². The molecule has 2 rings (SSSR count). The van der Waals surface area contributed by atoms with E-state index < -0.39 is 0 Å². The van der Waals surface area contributed by atoms with Gasteiger partial charge < -0.3 is 9.88 Å². The Kier molecular flexibility index (Phi) is 4.63. The summed E-state index contributed by atoms with van der Waals surface area (Å²) in [6.07, 6.45) is 5.04. The molecule has 0 radical (unpaired) electrons. The van der Waals surface area contributed by atoms with Gasteiger partial charge in [0.25, 0.3) is 0 Å². The summed E-state index contributed by atoms with van der Waals surface area (Å²) in [4.78, 5) is 4.40. The van der Waals surface area contributed by atoms with Crippen LogP contribution in [0.4, 0.5) is 5.69 Å². The van der Waals surface area contributed by atoms with Gasteiger partial charge in [0.05, 0.1) is 6.54 Å². The van der Waals surface area contributed by atoms with Gasteiger partial charge in [-0.3, -0.25) is 0 Å². The number of imidazole rings is 1. The Morgan fingerprint density at radius 3 is 2.94 bits per heavy atom. The number of hydrogen-bond donors (Lipinski definition) is 1. The number of nitrogens with zero attached hydrogens (tertiary/aromatic N) is 2. The standard InChI is InChI=1S/C14H18IN3/c1-3-7-18-8-6-16-14(18)10-17-13-5-4-12(15)9-11(13)2/h4-6,8-9,17H,3,7,10H2,1-2H3. The molecule has 4 heteroatoms. The lowest BCUT2D eigenvalue weighted by atomic mass is 10.2. The monoisotopic (exact) mass is 355 g/mol. The minimum atomic E-state index is 0.772. The summed E-state index contributed by atoms with van der Waals surface area (Å²) in [6.45, 7) is 6.11. The van der Waals surface area contributed by atoms with Crippen molar-refractivity contribution < 1.29 is 0 Å². The molecule has 3 nitrogen and oxygen atoms in total. The van der Waals surface area contributed by atoms with Gasteiger partial charge in [0.15, 0.2) is 0 Å². The molecular formula is C14H18IN3. The lowest BCUT2D eigenvalue weighted by Crippen LogP contribution is -2.09. The van der Waals surface area contributed by atoms with Crippen molar-refractivity contribution in [3.63, 3.8) is 0 Å². The fourth-order valence-electron chi connectivity index (χ4n) is 1.95. The van der Waals surface area contributed by atoms with Crippen molar-refractivity contribution in [1.29, 1.82) is 0 Å². The number of rotatable bonds is 5. The maximum absolute atomic E-state index is 4.40. The van der Waals surface area contributed by atoms with Crippen LogP contribution >= 0.6 is 22.6 Å². The van der Waals surface area contributed by atoms with Gasteiger partial charge in [-0.15, -0.1) is 0 Å². The van der Waals surface area contributed by atoms with Gasteiger partial charge >= 0.3 is 0 Å². The summed E-state index contributed by atoms with van der Waals surface area (Å²) in [6, 6.07) is 6.43. The second-order valence-corrected chi connectivity index (χ2v) is 5.60. The van der Waals surface area contributed by atoms with Crippen LogP contribution in [0.5, 0.6) is 0 Å². The van der Waals surface area contributed by atoms with Crippen LogP contribution < -0.4 is 5.32 Å². The van der Waals surface area contributed by atoms with E-state index in [1.807, 2.05) is 12.4 Å². The van der Waals surface area contributed by atoms with Crippen molar-refractivity contribution in [3.05, 3.63) is 45.6 Å². The topological polar surface area (TPSA) is 29.9 Å². The second-order valence-electron chi connectivity index (χ2n) is 4.35. The van der Waals surface area contributed by atoms with E-state index in [0.29, 0.717) is 0 Å². The Balaban J connectivity index is 2.04. The number of aryl methyl sites for hydroxylation is 2. The van der Waals surface area contributed by atoms with Crippen LogP contribution in [-0.2, 0) is 13.1 Å². The van der Waals surface area contributed by atoms with Crippen LogP contribution in [0.3, 0.4) is 0 Å². The average molecular weight is 355 g/mol. The summed E-state index contributed by atoms with van der Waals surface area (Å²) in [5.74, 6) is 1.09. The highest BCUT2D eigenvalue weighted by molar-refractivity contribution is 14.1. The predicted molar refractivity (Wildman–Crippen MR) is 83.7 cm³/mol. The maximum atomic E-state index is 4.40. The highest BCUT2D eigenvalue weighted by atomic mass is 127. The first-order valence-electron chi connectivity index (χ1n) is 6.20. The van der Waals surface area contributed by atoms with Crippen molar-refractivity contribution >= 4 is 28.3 Å². The molecule has 1 aromatic heterocycles. The van der Waals surface area contributed by atoms with E-state index in [1.54, 1.807) is 0 Å². The minimum Gasteiger partial charge on any atom is -0.378 e. The van der Waals surface area contributed by atoms with Crippen molar-refractivity contribution in [2.45, 2.75) is 33.4 Å². The summed E-state index contributed by atoms with van der Waals surface area (Å²) >= 11 is 2.33. The third-order valence-electron chi connectivity index (χ3n) is 2.89. The maximum Gasteiger partial charge on any atom is 0.128 e. The third-order valence-corrected chi connectivity index (χ3v) is 3.56. The van der Waals surface area contributed by atoms with E-state index in [-0.39, 0.29) is 0 Å². The SMILES string of the molecule is CCCn1ccnc1CNc1ccc(I)cc1C. The minimum absolute atomic E-state index is 0.772. The Hall–Kier alpha value is -1.04. The molecule has 0 unspecified atom stereocenters. The molecule has 0 aliphatic carbocycles. The van der Waals surface area contributed by atoms with E-state index in [0.717, 1.165) is 25.3 Å². The summed E-state index contributed by atoms with van der Waals surface area (Å²) in [5.41, 5.74) is 2.46. The lowest BCUT2D eigenvalue weighted by molar-refractivity contribution is 0.644. The molecule has 0 saturated heterocycles. The van der Waals surface area contributed by atoms with E-state index in [9.17, 15) is 0 Å². The zero-order valence-electron chi connectivity index (χ0n) is 10.8. The number of benzene rings is 1. The first kappa shape index (κ1) is 13.4. The molecule has 0 bridgehead atoms. The number of aromatic nitrogens is 2. The zero-order valence-corrected chi connectivity index (χ0v) is 12.9. The Morgan fingerprint density at radius 1 is 1.39 bits per heavy atom. The Labute approximate surface area is 122 Å². The first-order valence-corrected chi connectivity index (χ1v) is 7.28. The average Bonchev–Trinajstić information content (AvgIpc) is 2.76. The first-order chi connectivity index (χ1) is 8.70. The van der Waals surface area contributed by atoms with Crippen molar-refractivity contribution in [2.24, 2.45) is 0 Å². The van der Waals surface area contributed by atoms with Gasteiger partial charge in [-0.05, 0) is 59.7 Å². The van der Waals surface area contributed by atoms with Crippen LogP contribution in [-0.4, -0.2) is 9.55 Å². The van der Waals surface area contributed by atoms with Crippen molar-refractivity contribution in [2.75, 3.05) is 5.32 Å². The molecule has 1 aromatic carbocycles. The number of hydrogen-bond acceptors (Lipinski definition) is 2. The van der Waals surface area contributed by atoms with Crippen LogP contribution in [0.1, 0.15) is 24.7 Å². The molecule has 1 heterocycles. The fourth-order valence-corrected chi connectivity index (χ4v) is 2.60. The summed E-state index contributed by atoms with van der Waals surface area (Å²) in [5, 5.41) is 3.45. The van der Waals surface area contributed by atoms with Gasteiger partial charge in [-0.25, -0.2) is 4.98 Å². The highest BCUT2D eigenvalue weighted by Gasteiger charge is 2.03. The summed E-state index contributed by atoms with van der Waals surface area (Å²) in [7, 11) is 0. The normalized spacial score (nSPS) is 10.6. The molecule has 0 aliphatic rings. The summed E-state index contributed by atoms with van der Waals surface area (Å²) < 4.78 is 3.47. The van der Waals surface area contributed by atoms with Crippen LogP contribution in [0.15, 0.2) is 30.6 Å². The highest BCUT2D eigenvalue weighted by Crippen LogP contribution is 2.18. The molecule has 0 amide bonds. The van der Waals surface area contributed by atoms with Gasteiger partial charge in [0, 0.05) is 28.2 Å². The molecule has 2 aromatic rings. The molecule has 0 saturated carbocycles. The number of nitrogens with one attached hydrogen (secondary N) is 1. The molecule has 0 fully saturated rings. The van der Waals surface area contributed by atoms with Crippen molar-refractivity contribution in [1.82, 2.24) is 9.55 Å². The molecule has 0 spiro atoms. The Bertz CT molecular complexity index is 520. The molecule has 0 aliphatic heterocycles. The predicted octanol–water partition coefficient (Wildman–Crippen LogP) is 3.82. The van der Waals surface area contributed by atoms with Crippen LogP contribution in [0, 0.1) is 10.5 Å². The third kappa shape index (κ3) is 3.25. The van der Waals surface area contributed by atoms with E-state index in [2.05, 4.69) is 69.5 Å². The zero-order chi connectivity index (χ0) is 13.0. The van der Waals surface area contributed by atoms with E-state index in [1.165, 1.54) is 14.8 Å². The van der Waals surface area contributed by atoms with Gasteiger partial charge in [0.2, 0.25) is 0 Å². The lowest BCUT2D eigenvalue weighted by Gasteiger charge is -2.11. The van der Waals surface area contributed by atoms with E-state index >= 15 is 0 Å². The quantitative estimate of drug-likeness (QED) is 0.827. The largest absolute Gasteiger partial charge is 0.378 e. The van der Waals surface area contributed by atoms with Gasteiger partial charge in [0.1, 0.15) is 5.82 Å². The molecular weight excluding hydrogens is 337 g/mol. The van der Waals surface area contributed by atoms with E-state index in [4.69, 9.17) is 0 Å². The van der Waals surface area contributed by atoms with Crippen LogP contribution in [0.2, 0.25) is 0 Å². The van der Waals surface area contributed by atoms with Gasteiger partial charge in [-0.1, -0.05) is 6.92 Å². The molecule has 0 atom stereocenters. The van der Waals surface area contributed by atoms with Gasteiger partial charge in [-0.2, -0.15) is 0 Å². The van der Waals surface area contributed by atoms with Crippen molar-refractivity contribution in [3.8, 4) is 0 Å². The molecule has 18 heavy (non-hydrogen) atoms. The number of anilines is 1. The second kappa shape index (κ2) is 6.22. The molecule has 96 valence electrons. The molecule has 1 N–H and O–H groups in total. The Morgan fingerprint density at radius 2 is 2.22 bits per heavy atom. The number of halogens is 1. The smallest absolute Gasteiger partial charge is 0.128 e.